The highest BCUT2D eigenvalue weighted by atomic mass is 79.9. The molecule has 2 aromatic rings. The molecule has 0 bridgehead atoms. The van der Waals surface area contributed by atoms with Crippen molar-refractivity contribution < 1.29 is 4.74 Å². The third-order valence-electron chi connectivity index (χ3n) is 2.35. The van der Waals surface area contributed by atoms with Gasteiger partial charge >= 0.3 is 0 Å². The third kappa shape index (κ3) is 3.22. The van der Waals surface area contributed by atoms with Crippen LogP contribution in [0.3, 0.4) is 0 Å². The van der Waals surface area contributed by atoms with E-state index < -0.39 is 0 Å². The van der Waals surface area contributed by atoms with Crippen molar-refractivity contribution in [3.63, 3.8) is 0 Å². The average molecular weight is 328 g/mol. The second-order valence-corrected chi connectivity index (χ2v) is 5.01. The summed E-state index contributed by atoms with van der Waals surface area (Å²) in [5.41, 5.74) is 1.03. The molecule has 0 spiro atoms. The fourth-order valence-corrected chi connectivity index (χ4v) is 2.01. The van der Waals surface area contributed by atoms with Crippen molar-refractivity contribution >= 4 is 27.5 Å². The maximum absolute atomic E-state index is 6.09. The van der Waals surface area contributed by atoms with Gasteiger partial charge in [0.05, 0.1) is 11.2 Å². The van der Waals surface area contributed by atoms with Gasteiger partial charge in [-0.25, -0.2) is 0 Å². The normalized spacial score (nSPS) is 10.4. The Morgan fingerprint density at radius 3 is 2.94 bits per heavy atom. The van der Waals surface area contributed by atoms with Crippen LogP contribution < -0.4 is 10.1 Å². The molecule has 1 N–H and O–H groups in total. The standard InChI is InChI=1S/C13H12BrClN2O/c1-16-7-9-4-5-17-8-13(9)18-12-6-10(14)2-3-11(12)15/h2-6,8,16H,7H2,1H3. The number of aromatic nitrogens is 1. The van der Waals surface area contributed by atoms with Gasteiger partial charge in [-0.05, 0) is 31.3 Å². The fourth-order valence-electron chi connectivity index (χ4n) is 1.51. The Labute approximate surface area is 119 Å². The lowest BCUT2D eigenvalue weighted by Gasteiger charge is -2.11. The molecular formula is C13H12BrClN2O. The highest BCUT2D eigenvalue weighted by Gasteiger charge is 2.07. The molecule has 18 heavy (non-hydrogen) atoms. The lowest BCUT2D eigenvalue weighted by atomic mass is 10.2. The molecule has 5 heteroatoms. The van der Waals surface area contributed by atoms with Crippen molar-refractivity contribution in [1.82, 2.24) is 10.3 Å². The van der Waals surface area contributed by atoms with E-state index in [0.29, 0.717) is 23.1 Å². The highest BCUT2D eigenvalue weighted by Crippen LogP contribution is 2.33. The van der Waals surface area contributed by atoms with Gasteiger partial charge in [-0.1, -0.05) is 27.5 Å². The average Bonchev–Trinajstić information content (AvgIpc) is 2.36. The first-order valence-corrected chi connectivity index (χ1v) is 6.58. The monoisotopic (exact) mass is 326 g/mol. The van der Waals surface area contributed by atoms with E-state index in [1.54, 1.807) is 18.5 Å². The van der Waals surface area contributed by atoms with E-state index in [4.69, 9.17) is 16.3 Å². The molecule has 0 saturated carbocycles. The van der Waals surface area contributed by atoms with Crippen LogP contribution in [0.25, 0.3) is 0 Å². The Kier molecular flexibility index (Phi) is 4.58. The van der Waals surface area contributed by atoms with Crippen molar-refractivity contribution in [2.75, 3.05) is 7.05 Å². The molecule has 1 aromatic heterocycles. The third-order valence-corrected chi connectivity index (χ3v) is 3.16. The molecule has 0 amide bonds. The molecule has 1 aromatic carbocycles. The molecule has 0 unspecified atom stereocenters. The molecule has 1 heterocycles. The van der Waals surface area contributed by atoms with Crippen LogP contribution in [0.1, 0.15) is 5.56 Å². The molecule has 0 saturated heterocycles. The van der Waals surface area contributed by atoms with E-state index in [1.807, 2.05) is 25.2 Å². The minimum absolute atomic E-state index is 0.567. The minimum atomic E-state index is 0.567. The summed E-state index contributed by atoms with van der Waals surface area (Å²) < 4.78 is 6.73. The zero-order chi connectivity index (χ0) is 13.0. The maximum atomic E-state index is 6.09. The molecule has 3 nitrogen and oxygen atoms in total. The quantitative estimate of drug-likeness (QED) is 0.921. The van der Waals surface area contributed by atoms with Gasteiger partial charge in [0, 0.05) is 22.8 Å². The summed E-state index contributed by atoms with van der Waals surface area (Å²) in [5.74, 6) is 1.31. The largest absolute Gasteiger partial charge is 0.454 e. The second-order valence-electron chi connectivity index (χ2n) is 3.69. The summed E-state index contributed by atoms with van der Waals surface area (Å²) in [6.45, 7) is 0.712. The van der Waals surface area contributed by atoms with Crippen molar-refractivity contribution in [2.45, 2.75) is 6.54 Å². The van der Waals surface area contributed by atoms with Gasteiger partial charge in [0.2, 0.25) is 0 Å². The van der Waals surface area contributed by atoms with Gasteiger partial charge in [-0.3, -0.25) is 4.98 Å². The molecule has 0 aliphatic heterocycles. The molecular weight excluding hydrogens is 316 g/mol. The molecule has 0 fully saturated rings. The van der Waals surface area contributed by atoms with Crippen molar-refractivity contribution in [3.8, 4) is 11.5 Å². The van der Waals surface area contributed by atoms with E-state index in [-0.39, 0.29) is 0 Å². The second kappa shape index (κ2) is 6.18. The first kappa shape index (κ1) is 13.3. The van der Waals surface area contributed by atoms with Crippen LogP contribution >= 0.6 is 27.5 Å². The summed E-state index contributed by atoms with van der Waals surface area (Å²) in [5, 5.41) is 3.65. The number of nitrogens with zero attached hydrogens (tertiary/aromatic N) is 1. The van der Waals surface area contributed by atoms with E-state index in [0.717, 1.165) is 10.0 Å². The molecule has 94 valence electrons. The summed E-state index contributed by atoms with van der Waals surface area (Å²) in [6, 6.07) is 7.40. The van der Waals surface area contributed by atoms with Crippen LogP contribution in [-0.4, -0.2) is 12.0 Å². The number of hydrogen-bond acceptors (Lipinski definition) is 3. The van der Waals surface area contributed by atoms with Gasteiger partial charge in [-0.2, -0.15) is 0 Å². The molecule has 0 atom stereocenters. The number of hydrogen-bond donors (Lipinski definition) is 1. The van der Waals surface area contributed by atoms with Gasteiger partial charge < -0.3 is 10.1 Å². The Hall–Kier alpha value is -1.10. The van der Waals surface area contributed by atoms with Crippen LogP contribution in [0.2, 0.25) is 5.02 Å². The molecule has 2 rings (SSSR count). The zero-order valence-corrected chi connectivity index (χ0v) is 12.1. The Morgan fingerprint density at radius 1 is 1.33 bits per heavy atom. The molecule has 0 aliphatic carbocycles. The lowest BCUT2D eigenvalue weighted by molar-refractivity contribution is 0.471. The molecule has 0 aliphatic rings. The van der Waals surface area contributed by atoms with Crippen LogP contribution in [-0.2, 0) is 6.54 Å². The highest BCUT2D eigenvalue weighted by molar-refractivity contribution is 9.10. The smallest absolute Gasteiger partial charge is 0.150 e. The van der Waals surface area contributed by atoms with Crippen molar-refractivity contribution in [3.05, 3.63) is 51.7 Å². The van der Waals surface area contributed by atoms with E-state index in [2.05, 4.69) is 26.2 Å². The van der Waals surface area contributed by atoms with Crippen LogP contribution in [0, 0.1) is 0 Å². The Morgan fingerprint density at radius 2 is 2.17 bits per heavy atom. The SMILES string of the molecule is CNCc1ccncc1Oc1cc(Br)ccc1Cl. The Bertz CT molecular complexity index is 548. The number of rotatable bonds is 4. The van der Waals surface area contributed by atoms with Gasteiger partial charge in [0.1, 0.15) is 11.5 Å². The fraction of sp³-hybridized carbons (Fsp3) is 0.154. The van der Waals surface area contributed by atoms with Crippen LogP contribution in [0.4, 0.5) is 0 Å². The minimum Gasteiger partial charge on any atom is -0.454 e. The van der Waals surface area contributed by atoms with Gasteiger partial charge in [-0.15, -0.1) is 0 Å². The number of ether oxygens (including phenoxy) is 1. The summed E-state index contributed by atoms with van der Waals surface area (Å²) in [4.78, 5) is 4.07. The topological polar surface area (TPSA) is 34.2 Å². The van der Waals surface area contributed by atoms with Gasteiger partial charge in [0.15, 0.2) is 0 Å². The maximum Gasteiger partial charge on any atom is 0.150 e. The number of nitrogens with one attached hydrogen (secondary N) is 1. The lowest BCUT2D eigenvalue weighted by Crippen LogP contribution is -2.06. The predicted octanol–water partition coefficient (Wildman–Crippen LogP) is 4.01. The number of pyridine rings is 1. The summed E-state index contributed by atoms with van der Waals surface area (Å²) in [7, 11) is 1.89. The van der Waals surface area contributed by atoms with E-state index in [1.165, 1.54) is 0 Å². The van der Waals surface area contributed by atoms with Crippen molar-refractivity contribution in [2.24, 2.45) is 0 Å². The van der Waals surface area contributed by atoms with Gasteiger partial charge in [0.25, 0.3) is 0 Å². The number of benzene rings is 1. The van der Waals surface area contributed by atoms with E-state index >= 15 is 0 Å². The van der Waals surface area contributed by atoms with Crippen molar-refractivity contribution in [1.29, 1.82) is 0 Å². The molecule has 0 radical (unpaired) electrons. The first-order valence-electron chi connectivity index (χ1n) is 5.41. The zero-order valence-electron chi connectivity index (χ0n) is 9.78. The Balaban J connectivity index is 2.30. The summed E-state index contributed by atoms with van der Waals surface area (Å²) in [6.07, 6.45) is 3.42. The predicted molar refractivity (Wildman–Crippen MR) is 76.2 cm³/mol. The number of halogens is 2. The van der Waals surface area contributed by atoms with Crippen LogP contribution in [0.5, 0.6) is 11.5 Å². The summed E-state index contributed by atoms with van der Waals surface area (Å²) >= 11 is 9.49. The van der Waals surface area contributed by atoms with E-state index in [9.17, 15) is 0 Å². The first-order chi connectivity index (χ1) is 8.70. The van der Waals surface area contributed by atoms with Crippen LogP contribution in [0.15, 0.2) is 41.1 Å².